The Labute approximate surface area is 251 Å². The highest BCUT2D eigenvalue weighted by Crippen LogP contribution is 2.59. The Hall–Kier alpha value is -4.48. The van der Waals surface area contributed by atoms with Gasteiger partial charge < -0.3 is 9.47 Å². The smallest absolute Gasteiger partial charge is 0.480 e. The summed E-state index contributed by atoms with van der Waals surface area (Å²) in [6, 6.07) is 8.04. The van der Waals surface area contributed by atoms with E-state index >= 15 is 0 Å². The van der Waals surface area contributed by atoms with Crippen molar-refractivity contribution >= 4 is 34.8 Å². The van der Waals surface area contributed by atoms with Crippen molar-refractivity contribution in [3.63, 3.8) is 0 Å². The summed E-state index contributed by atoms with van der Waals surface area (Å²) < 4.78 is 13.8. The van der Waals surface area contributed by atoms with Crippen molar-refractivity contribution in [3.8, 4) is 44.5 Å². The van der Waals surface area contributed by atoms with Gasteiger partial charge in [0.05, 0.1) is 15.8 Å². The first-order chi connectivity index (χ1) is 20.5. The maximum absolute atomic E-state index is 9.36. The Morgan fingerprint density at radius 2 is 1.21 bits per heavy atom. The van der Waals surface area contributed by atoms with Crippen LogP contribution in [0.25, 0.3) is 42.7 Å². The maximum Gasteiger partial charge on any atom is 0.522 e. The highest BCUT2D eigenvalue weighted by molar-refractivity contribution is 7.16. The Morgan fingerprint density at radius 1 is 0.762 bits per heavy atom. The van der Waals surface area contributed by atoms with E-state index in [1.165, 1.54) is 22.7 Å². The highest BCUT2D eigenvalue weighted by atomic mass is 32.1. The number of nitriles is 2. The fourth-order valence-corrected chi connectivity index (χ4v) is 8.95. The molecule has 0 unspecified atom stereocenters. The van der Waals surface area contributed by atoms with Crippen LogP contribution in [0.2, 0.25) is 0 Å². The molecule has 2 aliphatic heterocycles. The van der Waals surface area contributed by atoms with Crippen molar-refractivity contribution in [1.82, 2.24) is 9.97 Å². The summed E-state index contributed by atoms with van der Waals surface area (Å²) in [7, 11) is 0. The number of thiazole rings is 2. The molecule has 0 N–H and O–H groups in total. The van der Waals surface area contributed by atoms with Gasteiger partial charge in [-0.1, -0.05) is 12.8 Å². The largest absolute Gasteiger partial charge is 0.522 e. The number of nitrogens with zero attached hydrogens (tertiary/aromatic N) is 6. The number of ether oxygens (including phenoxy) is 2. The Morgan fingerprint density at radius 3 is 1.64 bits per heavy atom. The standard InChI is InChI=1S/C32H24N6O2S2/c1-35-24(36-2)16-26-38-30-28(42-26)21-15-22-20(14-23(21)40-32(30)11-7-4-8-12-32)27-29(31(39-22)9-5-3-6-10-31)37-25(41-27)13-19(17-33)18-34/h13-16H,3-12H2. The van der Waals surface area contributed by atoms with Crippen molar-refractivity contribution < 1.29 is 9.47 Å². The molecule has 2 spiro atoms. The van der Waals surface area contributed by atoms with Crippen LogP contribution in [0.4, 0.5) is 0 Å². The third-order valence-corrected chi connectivity index (χ3v) is 10.7. The lowest BCUT2D eigenvalue weighted by atomic mass is 9.78. The van der Waals surface area contributed by atoms with Crippen LogP contribution in [-0.2, 0) is 11.2 Å². The maximum atomic E-state index is 9.36. The van der Waals surface area contributed by atoms with Crippen LogP contribution >= 0.6 is 22.7 Å². The second-order valence-corrected chi connectivity index (χ2v) is 13.2. The molecule has 2 aromatic heterocycles. The first kappa shape index (κ1) is 26.4. The Bertz CT molecular complexity index is 1690. The minimum atomic E-state index is -0.554. The first-order valence-corrected chi connectivity index (χ1v) is 15.7. The second-order valence-electron chi connectivity index (χ2n) is 11.1. The third-order valence-electron chi connectivity index (χ3n) is 8.65. The van der Waals surface area contributed by atoms with Gasteiger partial charge in [-0.2, -0.15) is 20.2 Å². The van der Waals surface area contributed by atoms with Gasteiger partial charge in [0.1, 0.15) is 63.8 Å². The molecule has 0 atom stereocenters. The van der Waals surface area contributed by atoms with Gasteiger partial charge >= 0.3 is 5.82 Å². The average Bonchev–Trinajstić information content (AvgIpc) is 3.65. The van der Waals surface area contributed by atoms with Crippen LogP contribution in [0, 0.1) is 35.8 Å². The molecule has 2 aliphatic carbocycles. The third kappa shape index (κ3) is 4.11. The molecule has 4 aliphatic rings. The molecule has 8 nitrogen and oxygen atoms in total. The van der Waals surface area contributed by atoms with E-state index in [2.05, 4.69) is 21.8 Å². The lowest BCUT2D eigenvalue weighted by molar-refractivity contribution is 0.0163. The van der Waals surface area contributed by atoms with Gasteiger partial charge in [0.2, 0.25) is 0 Å². The molecule has 2 saturated carbocycles. The molecule has 1 aromatic carbocycles. The number of rotatable bonds is 2. The van der Waals surface area contributed by atoms with Crippen molar-refractivity contribution in [2.24, 2.45) is 0 Å². The van der Waals surface area contributed by atoms with Gasteiger partial charge in [0, 0.05) is 17.2 Å². The van der Waals surface area contributed by atoms with Crippen molar-refractivity contribution in [2.75, 3.05) is 0 Å². The molecule has 7 rings (SSSR count). The van der Waals surface area contributed by atoms with Crippen LogP contribution in [0.5, 0.6) is 11.5 Å². The molecule has 42 heavy (non-hydrogen) atoms. The summed E-state index contributed by atoms with van der Waals surface area (Å²) in [5.41, 5.74) is 2.54. The normalized spacial score (nSPS) is 18.2. The molecule has 0 saturated heterocycles. The number of benzene rings is 1. The van der Waals surface area contributed by atoms with E-state index < -0.39 is 11.2 Å². The zero-order valence-corrected chi connectivity index (χ0v) is 24.3. The topological polar surface area (TPSA) is 101 Å². The average molecular weight is 589 g/mol. The van der Waals surface area contributed by atoms with E-state index in [0.717, 1.165) is 108 Å². The lowest BCUT2D eigenvalue weighted by Gasteiger charge is -2.43. The number of aromatic nitrogens is 2. The number of allylic oxidation sites excluding steroid dienone is 1. The second kappa shape index (κ2) is 10.1. The predicted molar refractivity (Wildman–Crippen MR) is 160 cm³/mol. The first-order valence-electron chi connectivity index (χ1n) is 14.1. The van der Waals surface area contributed by atoms with Gasteiger partial charge in [-0.25, -0.2) is 9.97 Å². The zero-order chi connectivity index (χ0) is 28.9. The molecule has 4 heterocycles. The summed E-state index contributed by atoms with van der Waals surface area (Å²) in [5, 5.41) is 20.0. The molecule has 2 fully saturated rings. The van der Waals surface area contributed by atoms with Crippen molar-refractivity contribution in [2.45, 2.75) is 75.4 Å². The summed E-state index contributed by atoms with van der Waals surface area (Å²) in [6.45, 7) is 14.7. The molecule has 0 bridgehead atoms. The van der Waals surface area contributed by atoms with Gasteiger partial charge in [-0.15, -0.1) is 22.7 Å². The quantitative estimate of drug-likeness (QED) is 0.219. The summed E-state index contributed by atoms with van der Waals surface area (Å²) in [4.78, 5) is 18.6. The Balaban J connectivity index is 1.42. The molecule has 0 amide bonds. The molecular weight excluding hydrogens is 565 g/mol. The van der Waals surface area contributed by atoms with Gasteiger partial charge in [0.15, 0.2) is 11.2 Å². The van der Waals surface area contributed by atoms with Crippen LogP contribution in [0.1, 0.15) is 85.6 Å². The van der Waals surface area contributed by atoms with Gasteiger partial charge in [-0.05, 0) is 63.5 Å². The van der Waals surface area contributed by atoms with Crippen molar-refractivity contribution in [3.05, 3.63) is 67.8 Å². The minimum absolute atomic E-state index is 0.00789. The highest BCUT2D eigenvalue weighted by Gasteiger charge is 2.48. The minimum Gasteiger partial charge on any atom is -0.480 e. The van der Waals surface area contributed by atoms with E-state index in [0.29, 0.717) is 10.0 Å². The number of hydrogen-bond donors (Lipinski definition) is 0. The lowest BCUT2D eigenvalue weighted by Crippen LogP contribution is -2.39. The summed E-state index contributed by atoms with van der Waals surface area (Å²) >= 11 is 2.98. The summed E-state index contributed by atoms with van der Waals surface area (Å²) in [6.07, 6.45) is 13.0. The fourth-order valence-electron chi connectivity index (χ4n) is 6.72. The SMILES string of the molecule is [C-]#[N+]C(=Cc1nc2c(s1)-c1cc3c(cc1OC21CCCCC1)-c1sc(C=C(C#N)C#N)nc1C1(CCCCC1)O3)[N+]#[C-]. The van der Waals surface area contributed by atoms with E-state index in [1.54, 1.807) is 12.2 Å². The van der Waals surface area contributed by atoms with E-state index in [-0.39, 0.29) is 11.4 Å². The van der Waals surface area contributed by atoms with Gasteiger partial charge in [-0.3, -0.25) is 0 Å². The van der Waals surface area contributed by atoms with E-state index in [9.17, 15) is 10.5 Å². The molecule has 0 radical (unpaired) electrons. The van der Waals surface area contributed by atoms with Gasteiger partial charge in [0.25, 0.3) is 0 Å². The van der Waals surface area contributed by atoms with Crippen LogP contribution < -0.4 is 9.47 Å². The monoisotopic (exact) mass is 588 g/mol. The fraction of sp³-hybridized carbons (Fsp3) is 0.375. The predicted octanol–water partition coefficient (Wildman–Crippen LogP) is 8.60. The Kier molecular flexibility index (Phi) is 6.36. The van der Waals surface area contributed by atoms with Crippen LogP contribution in [0.15, 0.2) is 23.5 Å². The summed E-state index contributed by atoms with van der Waals surface area (Å²) in [5.74, 6) is 1.53. The molecule has 10 heteroatoms. The molecular formula is C32H24N6O2S2. The van der Waals surface area contributed by atoms with Crippen molar-refractivity contribution in [1.29, 1.82) is 10.5 Å². The van der Waals surface area contributed by atoms with E-state index in [1.807, 2.05) is 12.1 Å². The zero-order valence-electron chi connectivity index (χ0n) is 22.7. The molecule has 206 valence electrons. The van der Waals surface area contributed by atoms with Crippen LogP contribution in [-0.4, -0.2) is 9.97 Å². The van der Waals surface area contributed by atoms with Crippen LogP contribution in [0.3, 0.4) is 0 Å². The molecule has 3 aromatic rings. The number of fused-ring (bicyclic) bond motifs is 8. The number of hydrogen-bond acceptors (Lipinski definition) is 8. The van der Waals surface area contributed by atoms with E-state index in [4.69, 9.17) is 32.6 Å².